The first-order valence-corrected chi connectivity index (χ1v) is 6.69. The molecule has 7 nitrogen and oxygen atoms in total. The van der Waals surface area contributed by atoms with Crippen LogP contribution in [0.1, 0.15) is 23.0 Å². The first kappa shape index (κ1) is 16.4. The zero-order valence-corrected chi connectivity index (χ0v) is 12.6. The number of rotatable bonds is 5. The van der Waals surface area contributed by atoms with Crippen molar-refractivity contribution in [1.29, 1.82) is 0 Å². The third kappa shape index (κ3) is 4.27. The summed E-state index contributed by atoms with van der Waals surface area (Å²) in [6.07, 6.45) is 2.41. The van der Waals surface area contributed by atoms with Gasteiger partial charge in [-0.15, -0.1) is 0 Å². The summed E-state index contributed by atoms with van der Waals surface area (Å²) in [4.78, 5) is 33.1. The monoisotopic (exact) mass is 335 g/mol. The maximum Gasteiger partial charge on any atom is 0.433 e. The third-order valence-electron chi connectivity index (χ3n) is 2.65. The van der Waals surface area contributed by atoms with Crippen LogP contribution in [-0.4, -0.2) is 16.7 Å². The number of allylic oxidation sites excluding steroid dienone is 1. The van der Waals surface area contributed by atoms with E-state index in [4.69, 9.17) is 20.8 Å². The van der Waals surface area contributed by atoms with Gasteiger partial charge in [-0.25, -0.2) is 0 Å². The standard InChI is InChI=1S/C15H10ClNO6/c1-9(18)22-14-6-2-10(16)8-12(14)13(19)5-3-11-4-7-15(23-11)17(20)21/h2-8H,1H3/b5-3+. The average molecular weight is 336 g/mol. The molecule has 1 aromatic heterocycles. The number of hydrogen-bond acceptors (Lipinski definition) is 6. The zero-order valence-electron chi connectivity index (χ0n) is 11.8. The molecule has 0 unspecified atom stereocenters. The number of nitro groups is 1. The Balaban J connectivity index is 2.25. The molecule has 2 aromatic rings. The van der Waals surface area contributed by atoms with E-state index in [1.54, 1.807) is 0 Å². The number of ketones is 1. The predicted molar refractivity (Wildman–Crippen MR) is 81.5 cm³/mol. The fourth-order valence-electron chi connectivity index (χ4n) is 1.72. The van der Waals surface area contributed by atoms with Gasteiger partial charge >= 0.3 is 11.9 Å². The molecule has 2 rings (SSSR count). The molecule has 0 spiro atoms. The lowest BCUT2D eigenvalue weighted by molar-refractivity contribution is -0.402. The largest absolute Gasteiger partial charge is 0.433 e. The number of benzene rings is 1. The molecule has 23 heavy (non-hydrogen) atoms. The molecule has 0 N–H and O–H groups in total. The van der Waals surface area contributed by atoms with E-state index in [0.29, 0.717) is 5.02 Å². The Morgan fingerprint density at radius 2 is 2.04 bits per heavy atom. The quantitative estimate of drug-likeness (QED) is 0.206. The van der Waals surface area contributed by atoms with Crippen molar-refractivity contribution in [3.8, 4) is 5.75 Å². The summed E-state index contributed by atoms with van der Waals surface area (Å²) < 4.78 is 9.84. The Hall–Kier alpha value is -2.93. The van der Waals surface area contributed by atoms with Crippen molar-refractivity contribution in [3.05, 3.63) is 62.9 Å². The molecule has 0 saturated heterocycles. The lowest BCUT2D eigenvalue weighted by atomic mass is 10.1. The van der Waals surface area contributed by atoms with E-state index in [1.807, 2.05) is 0 Å². The Morgan fingerprint density at radius 3 is 2.65 bits per heavy atom. The van der Waals surface area contributed by atoms with Crippen LogP contribution < -0.4 is 4.74 Å². The molecule has 1 heterocycles. The number of carbonyl (C=O) groups excluding carboxylic acids is 2. The average Bonchev–Trinajstić information content (AvgIpc) is 2.95. The normalized spacial score (nSPS) is 10.7. The van der Waals surface area contributed by atoms with Crippen molar-refractivity contribution in [2.45, 2.75) is 6.92 Å². The maximum atomic E-state index is 12.2. The molecule has 118 valence electrons. The summed E-state index contributed by atoms with van der Waals surface area (Å²) >= 11 is 5.84. The van der Waals surface area contributed by atoms with Gasteiger partial charge in [-0.1, -0.05) is 11.6 Å². The van der Waals surface area contributed by atoms with Crippen LogP contribution >= 0.6 is 11.6 Å². The van der Waals surface area contributed by atoms with Crippen LogP contribution in [0.4, 0.5) is 5.88 Å². The SMILES string of the molecule is CC(=O)Oc1ccc(Cl)cc1C(=O)/C=C/c1ccc([N+](=O)[O-])o1. The molecule has 0 saturated carbocycles. The number of ether oxygens (including phenoxy) is 1. The Labute approximate surface area is 135 Å². The van der Waals surface area contributed by atoms with Crippen LogP contribution in [0.25, 0.3) is 6.08 Å². The highest BCUT2D eigenvalue weighted by atomic mass is 35.5. The highest BCUT2D eigenvalue weighted by Gasteiger charge is 2.14. The number of halogens is 1. The Kier molecular flexibility index (Phi) is 4.92. The minimum Gasteiger partial charge on any atom is -0.426 e. The molecule has 0 aliphatic heterocycles. The van der Waals surface area contributed by atoms with Crippen LogP contribution in [0.5, 0.6) is 5.75 Å². The van der Waals surface area contributed by atoms with Crippen molar-refractivity contribution in [3.63, 3.8) is 0 Å². The van der Waals surface area contributed by atoms with E-state index in [1.165, 1.54) is 43.3 Å². The summed E-state index contributed by atoms with van der Waals surface area (Å²) in [5.74, 6) is -1.29. The molecule has 1 aromatic carbocycles. The number of nitrogens with zero attached hydrogens (tertiary/aromatic N) is 1. The third-order valence-corrected chi connectivity index (χ3v) is 2.89. The lowest BCUT2D eigenvalue weighted by Crippen LogP contribution is -2.06. The Bertz CT molecular complexity index is 808. The lowest BCUT2D eigenvalue weighted by Gasteiger charge is -2.06. The number of carbonyl (C=O) groups is 2. The fraction of sp³-hybridized carbons (Fsp3) is 0.0667. The van der Waals surface area contributed by atoms with Crippen molar-refractivity contribution >= 4 is 35.3 Å². The van der Waals surface area contributed by atoms with Crippen LogP contribution in [0, 0.1) is 10.1 Å². The van der Waals surface area contributed by atoms with E-state index in [0.717, 1.165) is 6.08 Å². The minimum absolute atomic E-state index is 0.0713. The fourth-order valence-corrected chi connectivity index (χ4v) is 1.89. The molecule has 0 fully saturated rings. The van der Waals surface area contributed by atoms with Crippen LogP contribution in [-0.2, 0) is 4.79 Å². The molecule has 0 aliphatic rings. The van der Waals surface area contributed by atoms with E-state index < -0.39 is 22.6 Å². The van der Waals surface area contributed by atoms with Gasteiger partial charge in [0.05, 0.1) is 11.6 Å². The molecule has 0 amide bonds. The van der Waals surface area contributed by atoms with Crippen LogP contribution in [0.15, 0.2) is 40.8 Å². The van der Waals surface area contributed by atoms with Crippen molar-refractivity contribution in [1.82, 2.24) is 0 Å². The molecule has 0 aliphatic carbocycles. The second-order valence-electron chi connectivity index (χ2n) is 4.36. The molecule has 0 atom stereocenters. The zero-order chi connectivity index (χ0) is 17.0. The number of hydrogen-bond donors (Lipinski definition) is 0. The van der Waals surface area contributed by atoms with Gasteiger partial charge in [-0.05, 0) is 36.4 Å². The summed E-state index contributed by atoms with van der Waals surface area (Å²) in [7, 11) is 0. The predicted octanol–water partition coefficient (Wildman–Crippen LogP) is 3.66. The van der Waals surface area contributed by atoms with Crippen molar-refractivity contribution < 1.29 is 23.7 Å². The van der Waals surface area contributed by atoms with E-state index >= 15 is 0 Å². The van der Waals surface area contributed by atoms with Crippen LogP contribution in [0.2, 0.25) is 5.02 Å². The summed E-state index contributed by atoms with van der Waals surface area (Å²) in [6.45, 7) is 1.21. The smallest absolute Gasteiger partial charge is 0.426 e. The first-order valence-electron chi connectivity index (χ1n) is 6.31. The van der Waals surface area contributed by atoms with E-state index in [9.17, 15) is 19.7 Å². The van der Waals surface area contributed by atoms with Crippen molar-refractivity contribution in [2.24, 2.45) is 0 Å². The molecule has 8 heteroatoms. The van der Waals surface area contributed by atoms with Gasteiger partial charge in [-0.3, -0.25) is 19.7 Å². The molecular formula is C15H10ClNO6. The van der Waals surface area contributed by atoms with Gasteiger partial charge in [0.25, 0.3) is 0 Å². The first-order chi connectivity index (χ1) is 10.9. The number of esters is 1. The van der Waals surface area contributed by atoms with Gasteiger partial charge in [0, 0.05) is 11.9 Å². The van der Waals surface area contributed by atoms with Gasteiger partial charge in [-0.2, -0.15) is 0 Å². The second kappa shape index (κ2) is 6.89. The summed E-state index contributed by atoms with van der Waals surface area (Å²) in [6, 6.07) is 6.77. The second-order valence-corrected chi connectivity index (χ2v) is 4.80. The molecule has 0 radical (unpaired) electrons. The van der Waals surface area contributed by atoms with Gasteiger partial charge in [0.2, 0.25) is 0 Å². The molecule has 0 bridgehead atoms. The van der Waals surface area contributed by atoms with Gasteiger partial charge in [0.15, 0.2) is 5.78 Å². The number of furan rings is 1. The topological polar surface area (TPSA) is 99.7 Å². The van der Waals surface area contributed by atoms with Gasteiger partial charge < -0.3 is 9.15 Å². The summed E-state index contributed by atoms with van der Waals surface area (Å²) in [5.41, 5.74) is 0.0880. The Morgan fingerprint density at radius 1 is 1.30 bits per heavy atom. The van der Waals surface area contributed by atoms with Crippen LogP contribution in [0.3, 0.4) is 0 Å². The highest BCUT2D eigenvalue weighted by molar-refractivity contribution is 6.31. The van der Waals surface area contributed by atoms with Crippen molar-refractivity contribution in [2.75, 3.05) is 0 Å². The van der Waals surface area contributed by atoms with E-state index in [2.05, 4.69) is 0 Å². The minimum atomic E-state index is -0.686. The summed E-state index contributed by atoms with van der Waals surface area (Å²) in [5, 5.41) is 10.8. The van der Waals surface area contributed by atoms with E-state index in [-0.39, 0.29) is 17.1 Å². The maximum absolute atomic E-state index is 12.2. The molecular weight excluding hydrogens is 326 g/mol. The van der Waals surface area contributed by atoms with Gasteiger partial charge in [0.1, 0.15) is 16.4 Å². The highest BCUT2D eigenvalue weighted by Crippen LogP contribution is 2.24.